The summed E-state index contributed by atoms with van der Waals surface area (Å²) in [5.41, 5.74) is 0. The predicted octanol–water partition coefficient (Wildman–Crippen LogP) is -0.504. The van der Waals surface area contributed by atoms with Crippen molar-refractivity contribution in [2.75, 3.05) is 38.8 Å². The SMILES string of the molecule is CN(C(=O)NCCCS(C)=O)C1COCC1C(=O)O. The number of urea groups is 1. The standard InChI is InChI=1S/C11H20N2O5S/c1-13(9-7-18-6-8(9)10(14)15)11(16)12-4-3-5-19(2)17/h8-9H,3-7H2,1-2H3,(H,12,16)(H,14,15). The first-order valence-electron chi connectivity index (χ1n) is 6.04. The first kappa shape index (κ1) is 15.9. The quantitative estimate of drug-likeness (QED) is 0.643. The van der Waals surface area contributed by atoms with Crippen LogP contribution >= 0.6 is 0 Å². The molecule has 1 aliphatic rings. The third-order valence-electron chi connectivity index (χ3n) is 3.07. The number of carboxylic acids is 1. The third-order valence-corrected chi connectivity index (χ3v) is 3.93. The summed E-state index contributed by atoms with van der Waals surface area (Å²) in [5.74, 6) is -1.10. The van der Waals surface area contributed by atoms with Crippen LogP contribution in [0.25, 0.3) is 0 Å². The third kappa shape index (κ3) is 4.79. The van der Waals surface area contributed by atoms with Gasteiger partial charge in [-0.25, -0.2) is 4.79 Å². The Kier molecular flexibility index (Phi) is 6.23. The highest BCUT2D eigenvalue weighted by atomic mass is 32.2. The summed E-state index contributed by atoms with van der Waals surface area (Å²) < 4.78 is 16.0. The molecule has 19 heavy (non-hydrogen) atoms. The number of hydrogen-bond acceptors (Lipinski definition) is 4. The number of nitrogens with zero attached hydrogens (tertiary/aromatic N) is 1. The van der Waals surface area contributed by atoms with E-state index in [4.69, 9.17) is 9.84 Å². The van der Waals surface area contributed by atoms with Crippen LogP contribution in [0, 0.1) is 5.92 Å². The number of likely N-dealkylation sites (N-methyl/N-ethyl adjacent to an activating group) is 1. The van der Waals surface area contributed by atoms with Gasteiger partial charge in [0.1, 0.15) is 5.92 Å². The zero-order chi connectivity index (χ0) is 14.4. The smallest absolute Gasteiger partial charge is 0.317 e. The maximum Gasteiger partial charge on any atom is 0.317 e. The zero-order valence-electron chi connectivity index (χ0n) is 11.1. The minimum Gasteiger partial charge on any atom is -0.481 e. The molecule has 0 aromatic carbocycles. The van der Waals surface area contributed by atoms with Crippen molar-refractivity contribution < 1.29 is 23.6 Å². The number of amides is 2. The number of ether oxygens (including phenoxy) is 1. The second kappa shape index (κ2) is 7.44. The highest BCUT2D eigenvalue weighted by Crippen LogP contribution is 2.18. The first-order chi connectivity index (χ1) is 8.93. The van der Waals surface area contributed by atoms with Crippen LogP contribution in [0.5, 0.6) is 0 Å². The van der Waals surface area contributed by atoms with Crippen molar-refractivity contribution in [2.45, 2.75) is 12.5 Å². The molecule has 1 aliphatic heterocycles. The van der Waals surface area contributed by atoms with Gasteiger partial charge >= 0.3 is 12.0 Å². The predicted molar refractivity (Wildman–Crippen MR) is 70.4 cm³/mol. The Morgan fingerprint density at radius 3 is 2.74 bits per heavy atom. The van der Waals surface area contributed by atoms with E-state index >= 15 is 0 Å². The van der Waals surface area contributed by atoms with Crippen LogP contribution in [0.2, 0.25) is 0 Å². The van der Waals surface area contributed by atoms with Crippen molar-refractivity contribution in [1.82, 2.24) is 10.2 Å². The summed E-state index contributed by atoms with van der Waals surface area (Å²) in [5, 5.41) is 11.7. The van der Waals surface area contributed by atoms with Crippen molar-refractivity contribution in [3.63, 3.8) is 0 Å². The molecule has 0 radical (unpaired) electrons. The molecule has 2 N–H and O–H groups in total. The molecule has 1 heterocycles. The molecule has 7 nitrogen and oxygen atoms in total. The van der Waals surface area contributed by atoms with Gasteiger partial charge in [-0.3, -0.25) is 9.00 Å². The van der Waals surface area contributed by atoms with Gasteiger partial charge in [-0.15, -0.1) is 0 Å². The van der Waals surface area contributed by atoms with Crippen LogP contribution in [0.4, 0.5) is 4.79 Å². The monoisotopic (exact) mass is 292 g/mol. The Morgan fingerprint density at radius 1 is 1.47 bits per heavy atom. The van der Waals surface area contributed by atoms with Crippen molar-refractivity contribution in [1.29, 1.82) is 0 Å². The topological polar surface area (TPSA) is 95.9 Å². The van der Waals surface area contributed by atoms with E-state index in [2.05, 4.69) is 5.32 Å². The van der Waals surface area contributed by atoms with Crippen molar-refractivity contribution in [2.24, 2.45) is 5.92 Å². The molecule has 0 aromatic heterocycles. The van der Waals surface area contributed by atoms with Crippen LogP contribution in [0.3, 0.4) is 0 Å². The Labute approximate surface area is 114 Å². The van der Waals surface area contributed by atoms with E-state index in [1.165, 1.54) is 4.90 Å². The van der Waals surface area contributed by atoms with Crippen molar-refractivity contribution >= 4 is 22.8 Å². The molecule has 110 valence electrons. The minimum atomic E-state index is -0.955. The molecule has 2 amide bonds. The van der Waals surface area contributed by atoms with Gasteiger partial charge in [-0.1, -0.05) is 0 Å². The Balaban J connectivity index is 2.39. The van der Waals surface area contributed by atoms with Gasteiger partial charge in [-0.2, -0.15) is 0 Å². The lowest BCUT2D eigenvalue weighted by Crippen LogP contribution is -2.48. The van der Waals surface area contributed by atoms with E-state index in [0.29, 0.717) is 18.7 Å². The fraction of sp³-hybridized carbons (Fsp3) is 0.818. The molecule has 0 spiro atoms. The molecule has 0 aliphatic carbocycles. The zero-order valence-corrected chi connectivity index (χ0v) is 11.9. The summed E-state index contributed by atoms with van der Waals surface area (Å²) in [6, 6.07) is -0.776. The molecule has 3 atom stereocenters. The molecule has 0 saturated carbocycles. The molecular weight excluding hydrogens is 272 g/mol. The molecular formula is C11H20N2O5S. The highest BCUT2D eigenvalue weighted by molar-refractivity contribution is 7.84. The van der Waals surface area contributed by atoms with Crippen LogP contribution in [0.1, 0.15) is 6.42 Å². The maximum absolute atomic E-state index is 11.8. The average Bonchev–Trinajstić information content (AvgIpc) is 2.82. The van der Waals surface area contributed by atoms with E-state index in [1.54, 1.807) is 13.3 Å². The Hall–Kier alpha value is -1.15. The normalized spacial score (nSPS) is 23.9. The van der Waals surface area contributed by atoms with Gasteiger partial charge < -0.3 is 20.1 Å². The van der Waals surface area contributed by atoms with Crippen LogP contribution in [0.15, 0.2) is 0 Å². The Morgan fingerprint density at radius 2 is 2.16 bits per heavy atom. The fourth-order valence-corrected chi connectivity index (χ4v) is 2.46. The number of nitrogens with one attached hydrogen (secondary N) is 1. The first-order valence-corrected chi connectivity index (χ1v) is 7.77. The highest BCUT2D eigenvalue weighted by Gasteiger charge is 2.38. The number of carbonyl (C=O) groups is 2. The second-order valence-electron chi connectivity index (χ2n) is 4.52. The molecule has 1 fully saturated rings. The van der Waals surface area contributed by atoms with Crippen molar-refractivity contribution in [3.8, 4) is 0 Å². The maximum atomic E-state index is 11.8. The molecule has 1 rings (SSSR count). The summed E-state index contributed by atoms with van der Waals surface area (Å²) in [7, 11) is 0.691. The van der Waals surface area contributed by atoms with E-state index in [1.807, 2.05) is 0 Å². The van der Waals surface area contributed by atoms with Crippen LogP contribution in [-0.4, -0.2) is 71.1 Å². The summed E-state index contributed by atoms with van der Waals surface area (Å²) in [4.78, 5) is 24.2. The largest absolute Gasteiger partial charge is 0.481 e. The lowest BCUT2D eigenvalue weighted by molar-refractivity contribution is -0.142. The van der Waals surface area contributed by atoms with Gasteiger partial charge in [-0.05, 0) is 6.42 Å². The average molecular weight is 292 g/mol. The van der Waals surface area contributed by atoms with Gasteiger partial charge in [0, 0.05) is 36.4 Å². The second-order valence-corrected chi connectivity index (χ2v) is 6.08. The molecule has 1 saturated heterocycles. The van der Waals surface area contributed by atoms with Gasteiger partial charge in [0.25, 0.3) is 0 Å². The van der Waals surface area contributed by atoms with Gasteiger partial charge in [0.2, 0.25) is 0 Å². The van der Waals surface area contributed by atoms with Crippen LogP contribution in [-0.2, 0) is 20.3 Å². The number of aliphatic carboxylic acids is 1. The molecule has 3 unspecified atom stereocenters. The lowest BCUT2D eigenvalue weighted by Gasteiger charge is -2.26. The minimum absolute atomic E-state index is 0.131. The summed E-state index contributed by atoms with van der Waals surface area (Å²) in [6.07, 6.45) is 2.24. The molecule has 0 aromatic rings. The molecule has 8 heteroatoms. The fourth-order valence-electron chi connectivity index (χ4n) is 1.91. The van der Waals surface area contributed by atoms with E-state index in [-0.39, 0.29) is 19.2 Å². The number of rotatable bonds is 6. The van der Waals surface area contributed by atoms with Gasteiger partial charge in [0.05, 0.1) is 19.3 Å². The van der Waals surface area contributed by atoms with Crippen molar-refractivity contribution in [3.05, 3.63) is 0 Å². The number of carboxylic acid groups (broad SMARTS) is 1. The number of hydrogen-bond donors (Lipinski definition) is 2. The molecule has 0 bridgehead atoms. The lowest BCUT2D eigenvalue weighted by atomic mass is 10.0. The summed E-state index contributed by atoms with van der Waals surface area (Å²) in [6.45, 7) is 0.792. The summed E-state index contributed by atoms with van der Waals surface area (Å²) >= 11 is 0. The van der Waals surface area contributed by atoms with E-state index in [9.17, 15) is 13.8 Å². The van der Waals surface area contributed by atoms with E-state index < -0.39 is 28.7 Å². The van der Waals surface area contributed by atoms with E-state index in [0.717, 1.165) is 0 Å². The van der Waals surface area contributed by atoms with Crippen LogP contribution < -0.4 is 5.32 Å². The van der Waals surface area contributed by atoms with Gasteiger partial charge in [0.15, 0.2) is 0 Å². The number of carbonyl (C=O) groups excluding carboxylic acids is 1. The Bertz CT molecular complexity index is 363.